The molecule has 0 unspecified atom stereocenters. The number of halogens is 1. The number of anilines is 2. The van der Waals surface area contributed by atoms with Crippen molar-refractivity contribution in [3.63, 3.8) is 0 Å². The van der Waals surface area contributed by atoms with Crippen molar-refractivity contribution < 1.29 is 9.53 Å². The summed E-state index contributed by atoms with van der Waals surface area (Å²) < 4.78 is 5.70. The molecular weight excluding hydrogens is 312 g/mol. The van der Waals surface area contributed by atoms with Gasteiger partial charge in [-0.15, -0.1) is 0 Å². The van der Waals surface area contributed by atoms with Crippen molar-refractivity contribution in [1.29, 1.82) is 0 Å². The lowest BCUT2D eigenvalue weighted by Gasteiger charge is -2.13. The molecule has 2 rings (SSSR count). The minimum atomic E-state index is -0.156. The Morgan fingerprint density at radius 1 is 1.09 bits per heavy atom. The van der Waals surface area contributed by atoms with Crippen LogP contribution < -0.4 is 15.4 Å². The van der Waals surface area contributed by atoms with E-state index in [2.05, 4.69) is 17.6 Å². The molecule has 0 atom stereocenters. The molecule has 0 saturated carbocycles. The number of hydrogen-bond donors (Lipinski definition) is 2. The molecule has 0 fully saturated rings. The van der Waals surface area contributed by atoms with Crippen LogP contribution in [0, 0.1) is 0 Å². The molecule has 122 valence electrons. The zero-order valence-corrected chi connectivity index (χ0v) is 13.9. The van der Waals surface area contributed by atoms with Crippen molar-refractivity contribution in [3.8, 4) is 5.75 Å². The fourth-order valence-corrected chi connectivity index (χ4v) is 2.20. The van der Waals surface area contributed by atoms with Crippen LogP contribution in [0.5, 0.6) is 5.75 Å². The third-order valence-electron chi connectivity index (χ3n) is 3.23. The Balaban J connectivity index is 1.91. The number of carbonyl (C=O) groups excluding carboxylic acids is 1. The fraction of sp³-hybridized carbons (Fsp3) is 0.278. The van der Waals surface area contributed by atoms with Gasteiger partial charge >= 0.3 is 0 Å². The number of unbranched alkanes of at least 4 members (excludes halogenated alkanes) is 1. The zero-order valence-electron chi connectivity index (χ0n) is 13.1. The average molecular weight is 333 g/mol. The van der Waals surface area contributed by atoms with Crippen molar-refractivity contribution in [2.45, 2.75) is 19.8 Å². The normalized spacial score (nSPS) is 10.2. The molecule has 23 heavy (non-hydrogen) atoms. The van der Waals surface area contributed by atoms with E-state index in [1.807, 2.05) is 42.5 Å². The fourth-order valence-electron chi connectivity index (χ4n) is 2.00. The van der Waals surface area contributed by atoms with E-state index in [9.17, 15) is 4.79 Å². The Morgan fingerprint density at radius 3 is 2.52 bits per heavy atom. The van der Waals surface area contributed by atoms with Crippen LogP contribution in [-0.2, 0) is 4.79 Å². The van der Waals surface area contributed by atoms with Gasteiger partial charge in [0.2, 0.25) is 5.91 Å². The number of ether oxygens (including phenoxy) is 1. The van der Waals surface area contributed by atoms with E-state index in [0.717, 1.165) is 18.5 Å². The van der Waals surface area contributed by atoms with Gasteiger partial charge in [0.25, 0.3) is 0 Å². The molecule has 0 aliphatic rings. The molecular formula is C18H21ClN2O2. The maximum atomic E-state index is 12.1. The summed E-state index contributed by atoms with van der Waals surface area (Å²) in [5.41, 5.74) is 1.41. The van der Waals surface area contributed by atoms with Crippen LogP contribution in [0.4, 0.5) is 11.4 Å². The van der Waals surface area contributed by atoms with Gasteiger partial charge in [0.1, 0.15) is 5.75 Å². The Bertz CT molecular complexity index is 646. The Morgan fingerprint density at radius 2 is 1.78 bits per heavy atom. The minimum Gasteiger partial charge on any atom is -0.491 e. The summed E-state index contributed by atoms with van der Waals surface area (Å²) in [7, 11) is 0. The number of amides is 1. The topological polar surface area (TPSA) is 50.4 Å². The van der Waals surface area contributed by atoms with Gasteiger partial charge in [-0.1, -0.05) is 49.2 Å². The van der Waals surface area contributed by atoms with Crippen LogP contribution >= 0.6 is 11.6 Å². The van der Waals surface area contributed by atoms with Crippen LogP contribution in [0.25, 0.3) is 0 Å². The Labute approximate surface area is 141 Å². The second-order valence-electron chi connectivity index (χ2n) is 5.08. The minimum absolute atomic E-state index is 0.132. The second-order valence-corrected chi connectivity index (χ2v) is 5.49. The first kappa shape index (κ1) is 17.2. The SMILES string of the molecule is CCCCOc1ccccc1NC(=O)CNc1ccccc1Cl. The average Bonchev–Trinajstić information content (AvgIpc) is 2.56. The van der Waals surface area contributed by atoms with E-state index in [4.69, 9.17) is 16.3 Å². The molecule has 2 aromatic rings. The second kappa shape index (κ2) is 9.06. The lowest BCUT2D eigenvalue weighted by molar-refractivity contribution is -0.114. The zero-order chi connectivity index (χ0) is 16.5. The van der Waals surface area contributed by atoms with Crippen LogP contribution in [0.2, 0.25) is 5.02 Å². The van der Waals surface area contributed by atoms with Crippen molar-refractivity contribution in [2.75, 3.05) is 23.8 Å². The summed E-state index contributed by atoms with van der Waals surface area (Å²) in [4.78, 5) is 12.1. The number of benzene rings is 2. The Kier molecular flexibility index (Phi) is 6.76. The molecule has 0 aromatic heterocycles. The molecule has 0 spiro atoms. The summed E-state index contributed by atoms with van der Waals surface area (Å²) in [5, 5.41) is 6.46. The molecule has 0 saturated heterocycles. The van der Waals surface area contributed by atoms with E-state index in [1.54, 1.807) is 6.07 Å². The highest BCUT2D eigenvalue weighted by molar-refractivity contribution is 6.33. The third kappa shape index (κ3) is 5.49. The lowest BCUT2D eigenvalue weighted by Crippen LogP contribution is -2.22. The van der Waals surface area contributed by atoms with Crippen molar-refractivity contribution >= 4 is 28.9 Å². The maximum absolute atomic E-state index is 12.1. The van der Waals surface area contributed by atoms with Gasteiger partial charge in [-0.05, 0) is 30.7 Å². The van der Waals surface area contributed by atoms with Crippen LogP contribution in [0.3, 0.4) is 0 Å². The van der Waals surface area contributed by atoms with Gasteiger partial charge in [-0.3, -0.25) is 4.79 Å². The van der Waals surface area contributed by atoms with Crippen molar-refractivity contribution in [3.05, 3.63) is 53.6 Å². The molecule has 0 bridgehead atoms. The molecule has 5 heteroatoms. The van der Waals surface area contributed by atoms with Gasteiger partial charge in [-0.25, -0.2) is 0 Å². The quantitative estimate of drug-likeness (QED) is 0.696. The highest BCUT2D eigenvalue weighted by Gasteiger charge is 2.08. The van der Waals surface area contributed by atoms with E-state index in [1.165, 1.54) is 0 Å². The van der Waals surface area contributed by atoms with Crippen molar-refractivity contribution in [1.82, 2.24) is 0 Å². The van der Waals surface area contributed by atoms with E-state index in [-0.39, 0.29) is 12.5 Å². The first-order valence-electron chi connectivity index (χ1n) is 7.70. The largest absolute Gasteiger partial charge is 0.491 e. The molecule has 4 nitrogen and oxygen atoms in total. The summed E-state index contributed by atoms with van der Waals surface area (Å²) >= 11 is 6.05. The van der Waals surface area contributed by atoms with Crippen LogP contribution in [0.1, 0.15) is 19.8 Å². The summed E-state index contributed by atoms with van der Waals surface area (Å²) in [6, 6.07) is 14.8. The van der Waals surface area contributed by atoms with Gasteiger partial charge in [0, 0.05) is 0 Å². The summed E-state index contributed by atoms with van der Waals surface area (Å²) in [6.45, 7) is 2.88. The van der Waals surface area contributed by atoms with E-state index >= 15 is 0 Å². The summed E-state index contributed by atoms with van der Waals surface area (Å²) in [5.74, 6) is 0.531. The first-order chi connectivity index (χ1) is 11.2. The maximum Gasteiger partial charge on any atom is 0.243 e. The number of rotatable bonds is 8. The van der Waals surface area contributed by atoms with Gasteiger partial charge < -0.3 is 15.4 Å². The van der Waals surface area contributed by atoms with Crippen LogP contribution in [-0.4, -0.2) is 19.1 Å². The standard InChI is InChI=1S/C18H21ClN2O2/c1-2-3-12-23-17-11-7-6-10-16(17)21-18(22)13-20-15-9-5-4-8-14(15)19/h4-11,20H,2-3,12-13H2,1H3,(H,21,22). The molecule has 0 aliphatic carbocycles. The predicted molar refractivity (Wildman–Crippen MR) is 95.4 cm³/mol. The molecule has 0 radical (unpaired) electrons. The highest BCUT2D eigenvalue weighted by atomic mass is 35.5. The van der Waals surface area contributed by atoms with Gasteiger partial charge in [-0.2, -0.15) is 0 Å². The smallest absolute Gasteiger partial charge is 0.243 e. The van der Waals surface area contributed by atoms with Gasteiger partial charge in [0.15, 0.2) is 0 Å². The number of nitrogens with one attached hydrogen (secondary N) is 2. The first-order valence-corrected chi connectivity index (χ1v) is 8.08. The summed E-state index contributed by atoms with van der Waals surface area (Å²) in [6.07, 6.45) is 2.05. The number of carbonyl (C=O) groups is 1. The monoisotopic (exact) mass is 332 g/mol. The third-order valence-corrected chi connectivity index (χ3v) is 3.56. The molecule has 1 amide bonds. The number of para-hydroxylation sites is 3. The number of hydrogen-bond acceptors (Lipinski definition) is 3. The Hall–Kier alpha value is -2.20. The van der Waals surface area contributed by atoms with Gasteiger partial charge in [0.05, 0.1) is 29.5 Å². The van der Waals surface area contributed by atoms with Crippen molar-refractivity contribution in [2.24, 2.45) is 0 Å². The highest BCUT2D eigenvalue weighted by Crippen LogP contribution is 2.24. The molecule has 2 aromatic carbocycles. The van der Waals surface area contributed by atoms with E-state index < -0.39 is 0 Å². The van der Waals surface area contributed by atoms with E-state index in [0.29, 0.717) is 23.1 Å². The van der Waals surface area contributed by atoms with Crippen LogP contribution in [0.15, 0.2) is 48.5 Å². The lowest BCUT2D eigenvalue weighted by atomic mass is 10.3. The predicted octanol–water partition coefficient (Wildman–Crippen LogP) is 4.57. The molecule has 0 heterocycles. The molecule has 2 N–H and O–H groups in total. The molecule has 0 aliphatic heterocycles.